The molecule has 0 saturated carbocycles. The van der Waals surface area contributed by atoms with E-state index in [1.807, 2.05) is 0 Å². The number of carbonyl (C=O) groups is 1. The Balaban J connectivity index is 2.11. The molecule has 8 heteroatoms. The maximum absolute atomic E-state index is 14.1. The van der Waals surface area contributed by atoms with E-state index in [-0.39, 0.29) is 29.0 Å². The van der Waals surface area contributed by atoms with Crippen LogP contribution in [0.3, 0.4) is 0 Å². The highest BCUT2D eigenvalue weighted by Gasteiger charge is 2.29. The van der Waals surface area contributed by atoms with Gasteiger partial charge in [0, 0.05) is 17.2 Å². The van der Waals surface area contributed by atoms with Gasteiger partial charge in [-0.2, -0.15) is 0 Å². The minimum Gasteiger partial charge on any atom is -0.492 e. The Morgan fingerprint density at radius 1 is 1.55 bits per heavy atom. The van der Waals surface area contributed by atoms with Crippen molar-refractivity contribution in [1.82, 2.24) is 10.3 Å². The molecule has 3 N–H and O–H groups in total. The molecule has 0 spiro atoms. The van der Waals surface area contributed by atoms with Gasteiger partial charge < -0.3 is 15.8 Å². The molecule has 2 aromatic rings. The number of nitrogens with zero attached hydrogens (tertiary/aromatic N) is 1. The minimum atomic E-state index is -0.561. The zero-order chi connectivity index (χ0) is 15.9. The van der Waals surface area contributed by atoms with Gasteiger partial charge >= 0.3 is 0 Å². The van der Waals surface area contributed by atoms with Crippen molar-refractivity contribution < 1.29 is 13.9 Å². The van der Waals surface area contributed by atoms with Crippen LogP contribution >= 0.6 is 22.9 Å². The number of rotatable bonds is 2. The highest BCUT2D eigenvalue weighted by molar-refractivity contribution is 7.15. The lowest BCUT2D eigenvalue weighted by Gasteiger charge is -2.15. The van der Waals surface area contributed by atoms with Gasteiger partial charge in [-0.05, 0) is 17.7 Å². The summed E-state index contributed by atoms with van der Waals surface area (Å²) in [4.78, 5) is 17.0. The Labute approximate surface area is 135 Å². The minimum absolute atomic E-state index is 0.00691. The number of benzene rings is 1. The maximum atomic E-state index is 14.1. The first kappa shape index (κ1) is 15.1. The fourth-order valence-electron chi connectivity index (χ4n) is 2.56. The molecule has 0 aliphatic carbocycles. The molecule has 0 bridgehead atoms. The summed E-state index contributed by atoms with van der Waals surface area (Å²) in [6.07, 6.45) is 0.191. The molecule has 1 aromatic carbocycles. The molecule has 3 rings (SSSR count). The zero-order valence-corrected chi connectivity index (χ0v) is 13.2. The molecule has 0 saturated heterocycles. The summed E-state index contributed by atoms with van der Waals surface area (Å²) in [7, 11) is 1.35. The average Bonchev–Trinajstić information content (AvgIpc) is 2.75. The van der Waals surface area contributed by atoms with E-state index in [9.17, 15) is 9.18 Å². The number of fused-ring (bicyclic) bond motifs is 1. The van der Waals surface area contributed by atoms with Crippen LogP contribution < -0.4 is 15.8 Å². The predicted octanol–water partition coefficient (Wildman–Crippen LogP) is 2.68. The number of anilines is 1. The lowest BCUT2D eigenvalue weighted by molar-refractivity contribution is -0.121. The van der Waals surface area contributed by atoms with Gasteiger partial charge in [0.25, 0.3) is 0 Å². The van der Waals surface area contributed by atoms with Crippen molar-refractivity contribution in [3.05, 3.63) is 39.1 Å². The van der Waals surface area contributed by atoms with Gasteiger partial charge in [-0.15, -0.1) is 11.3 Å². The van der Waals surface area contributed by atoms with Crippen LogP contribution in [-0.4, -0.2) is 18.0 Å². The summed E-state index contributed by atoms with van der Waals surface area (Å²) in [5.74, 6) is -1.02. The number of aromatic nitrogens is 1. The summed E-state index contributed by atoms with van der Waals surface area (Å²) in [6.45, 7) is 0.324. The van der Waals surface area contributed by atoms with Crippen LogP contribution in [0.15, 0.2) is 12.1 Å². The van der Waals surface area contributed by atoms with E-state index in [4.69, 9.17) is 22.1 Å². The van der Waals surface area contributed by atoms with Gasteiger partial charge in [0.15, 0.2) is 16.7 Å². The van der Waals surface area contributed by atoms with E-state index in [0.717, 1.165) is 4.88 Å². The quantitative estimate of drug-likeness (QED) is 0.880. The third-order valence-corrected chi connectivity index (χ3v) is 4.85. The number of halogens is 2. The van der Waals surface area contributed by atoms with E-state index in [2.05, 4.69) is 10.3 Å². The smallest absolute Gasteiger partial charge is 0.221 e. The lowest BCUT2D eigenvalue weighted by Crippen LogP contribution is -2.21. The van der Waals surface area contributed by atoms with Crippen molar-refractivity contribution >= 4 is 34.0 Å². The molecule has 0 unspecified atom stereocenters. The number of methoxy groups -OCH3 is 1. The third kappa shape index (κ3) is 2.62. The number of nitrogens with one attached hydrogen (secondary N) is 1. The van der Waals surface area contributed by atoms with Crippen molar-refractivity contribution in [3.8, 4) is 5.75 Å². The molecule has 1 aliphatic heterocycles. The standard InChI is InChI=1S/C14H13ClFN3O2S/c1-21-12-8(15)2-6(3-9(12)16)7-4-11(20)18-5-10-13(7)22-14(17)19-10/h2-3,7H,4-5H2,1H3,(H2,17,19)(H,18,20)/t7-/m0/s1. The fraction of sp³-hybridized carbons (Fsp3) is 0.286. The van der Waals surface area contributed by atoms with Gasteiger partial charge in [0.2, 0.25) is 5.91 Å². The van der Waals surface area contributed by atoms with Crippen molar-refractivity contribution in [1.29, 1.82) is 0 Å². The van der Waals surface area contributed by atoms with Gasteiger partial charge in [-0.25, -0.2) is 9.37 Å². The SMILES string of the molecule is COc1c(F)cc([C@@H]2CC(=O)NCc3nc(N)sc32)cc1Cl. The molecule has 1 amide bonds. The second-order valence-electron chi connectivity index (χ2n) is 4.91. The molecule has 1 aliphatic rings. The Morgan fingerprint density at radius 2 is 2.32 bits per heavy atom. The maximum Gasteiger partial charge on any atom is 0.221 e. The van der Waals surface area contributed by atoms with Gasteiger partial charge in [-0.1, -0.05) is 11.6 Å². The van der Waals surface area contributed by atoms with Crippen LogP contribution in [0, 0.1) is 5.82 Å². The Morgan fingerprint density at radius 3 is 3.00 bits per heavy atom. The second-order valence-corrected chi connectivity index (χ2v) is 6.38. The lowest BCUT2D eigenvalue weighted by atomic mass is 9.93. The number of nitrogens with two attached hydrogens (primary N) is 1. The molecule has 116 valence electrons. The van der Waals surface area contributed by atoms with Gasteiger partial charge in [-0.3, -0.25) is 4.79 Å². The number of amides is 1. The van der Waals surface area contributed by atoms with Crippen molar-refractivity contribution in [3.63, 3.8) is 0 Å². The number of ether oxygens (including phenoxy) is 1. The summed E-state index contributed by atoms with van der Waals surface area (Å²) in [6, 6.07) is 2.96. The zero-order valence-electron chi connectivity index (χ0n) is 11.7. The molecular formula is C14H13ClFN3O2S. The molecule has 0 radical (unpaired) electrons. The van der Waals surface area contributed by atoms with Crippen LogP contribution in [0.5, 0.6) is 5.75 Å². The number of hydrogen-bond donors (Lipinski definition) is 2. The molecular weight excluding hydrogens is 329 g/mol. The molecule has 0 fully saturated rings. The largest absolute Gasteiger partial charge is 0.492 e. The second kappa shape index (κ2) is 5.73. The molecule has 5 nitrogen and oxygen atoms in total. The normalized spacial score (nSPS) is 17.6. The van der Waals surface area contributed by atoms with Gasteiger partial charge in [0.1, 0.15) is 0 Å². The van der Waals surface area contributed by atoms with Gasteiger partial charge in [0.05, 0.1) is 24.4 Å². The summed E-state index contributed by atoms with van der Waals surface area (Å²) in [5.41, 5.74) is 7.08. The van der Waals surface area contributed by atoms with Crippen molar-refractivity contribution in [2.75, 3.05) is 12.8 Å². The first-order valence-corrected chi connectivity index (χ1v) is 7.73. The fourth-order valence-corrected chi connectivity index (χ4v) is 3.83. The average molecular weight is 342 g/mol. The summed E-state index contributed by atoms with van der Waals surface area (Å²) < 4.78 is 19.0. The molecule has 1 atom stereocenters. The summed E-state index contributed by atoms with van der Waals surface area (Å²) in [5, 5.41) is 3.35. The highest BCUT2D eigenvalue weighted by Crippen LogP contribution is 2.40. The monoisotopic (exact) mass is 341 g/mol. The molecule has 1 aromatic heterocycles. The Hall–Kier alpha value is -1.86. The van der Waals surface area contributed by atoms with Crippen LogP contribution in [0.4, 0.5) is 9.52 Å². The first-order chi connectivity index (χ1) is 10.5. The highest BCUT2D eigenvalue weighted by atomic mass is 35.5. The van der Waals surface area contributed by atoms with Crippen LogP contribution in [0.25, 0.3) is 0 Å². The Kier molecular flexibility index (Phi) is 3.92. The number of thiazole rings is 1. The van der Waals surface area contributed by atoms with Crippen LogP contribution in [-0.2, 0) is 11.3 Å². The summed E-state index contributed by atoms with van der Waals surface area (Å²) >= 11 is 7.37. The number of hydrogen-bond acceptors (Lipinski definition) is 5. The van der Waals surface area contributed by atoms with Crippen molar-refractivity contribution in [2.45, 2.75) is 18.9 Å². The van der Waals surface area contributed by atoms with E-state index >= 15 is 0 Å². The van der Waals surface area contributed by atoms with Crippen LogP contribution in [0.1, 0.15) is 28.5 Å². The van der Waals surface area contributed by atoms with E-state index in [0.29, 0.717) is 22.9 Å². The third-order valence-electron chi connectivity index (χ3n) is 3.53. The van der Waals surface area contributed by atoms with E-state index in [1.54, 1.807) is 6.07 Å². The Bertz CT molecular complexity index is 727. The number of carbonyl (C=O) groups excluding carboxylic acids is 1. The van der Waals surface area contributed by atoms with Crippen molar-refractivity contribution in [2.24, 2.45) is 0 Å². The topological polar surface area (TPSA) is 77.2 Å². The number of nitrogen functional groups attached to an aromatic ring is 1. The molecule has 2 heterocycles. The van der Waals surface area contributed by atoms with Crippen LogP contribution in [0.2, 0.25) is 5.02 Å². The van der Waals surface area contributed by atoms with E-state index < -0.39 is 5.82 Å². The van der Waals surface area contributed by atoms with E-state index in [1.165, 1.54) is 24.5 Å². The predicted molar refractivity (Wildman–Crippen MR) is 82.8 cm³/mol. The first-order valence-electron chi connectivity index (χ1n) is 6.54. The molecule has 22 heavy (non-hydrogen) atoms.